The van der Waals surface area contributed by atoms with Gasteiger partial charge in [0.2, 0.25) is 6.23 Å². The molecule has 9 heteroatoms. The van der Waals surface area contributed by atoms with E-state index >= 15 is 0 Å². The molecule has 9 nitrogen and oxygen atoms in total. The predicted molar refractivity (Wildman–Crippen MR) is 80.9 cm³/mol. The molecule has 0 radical (unpaired) electrons. The third-order valence-electron chi connectivity index (χ3n) is 3.60. The number of carbonyl (C=O) groups is 3. The molecule has 1 saturated heterocycles. The van der Waals surface area contributed by atoms with Crippen molar-refractivity contribution in [1.29, 1.82) is 0 Å². The van der Waals surface area contributed by atoms with Crippen LogP contribution in [-0.4, -0.2) is 60.2 Å². The quantitative estimate of drug-likeness (QED) is 0.558. The lowest BCUT2D eigenvalue weighted by atomic mass is 9.99. The molecule has 0 aromatic carbocycles. The predicted octanol–water partition coefficient (Wildman–Crippen LogP) is 1.06. The van der Waals surface area contributed by atoms with E-state index in [1.54, 1.807) is 27.7 Å². The largest absolute Gasteiger partial charge is 0.467 e. The molecule has 2 rings (SSSR count). The Bertz CT molecular complexity index is 567. The Morgan fingerprint density at radius 1 is 1.33 bits per heavy atom. The number of carbonyl (C=O) groups excluding carboxylic acids is 3. The highest BCUT2D eigenvalue weighted by Gasteiger charge is 2.56. The minimum atomic E-state index is -0.917. The van der Waals surface area contributed by atoms with Crippen molar-refractivity contribution in [2.45, 2.75) is 52.0 Å². The first-order chi connectivity index (χ1) is 11.2. The Morgan fingerprint density at radius 3 is 2.54 bits per heavy atom. The molecule has 0 saturated carbocycles. The summed E-state index contributed by atoms with van der Waals surface area (Å²) in [5.41, 5.74) is -0.693. The fraction of sp³-hybridized carbons (Fsp3) is 0.733. The van der Waals surface area contributed by atoms with Crippen molar-refractivity contribution in [2.75, 3.05) is 13.7 Å². The zero-order valence-electron chi connectivity index (χ0n) is 14.4. The smallest absolute Gasteiger partial charge is 0.414 e. The molecular weight excluding hydrogens is 320 g/mol. The second-order valence-corrected chi connectivity index (χ2v) is 6.46. The zero-order chi connectivity index (χ0) is 18.1. The summed E-state index contributed by atoms with van der Waals surface area (Å²) in [5.74, 6) is -1.80. The monoisotopic (exact) mass is 342 g/mol. The van der Waals surface area contributed by atoms with Crippen LogP contribution in [0.3, 0.4) is 0 Å². The number of fused-ring (bicyclic) bond motifs is 1. The molecule has 0 N–H and O–H groups in total. The molecular formula is C15H22N2O7. The van der Waals surface area contributed by atoms with Gasteiger partial charge in [0, 0.05) is 0 Å². The van der Waals surface area contributed by atoms with Crippen LogP contribution in [0.25, 0.3) is 0 Å². The van der Waals surface area contributed by atoms with Gasteiger partial charge in [-0.05, 0) is 34.1 Å². The minimum absolute atomic E-state index is 0.0572. The number of likely N-dealkylation sites (tertiary alicyclic amines) is 1. The van der Waals surface area contributed by atoms with Crippen LogP contribution in [0, 0.1) is 5.92 Å². The summed E-state index contributed by atoms with van der Waals surface area (Å²) in [7, 11) is 1.23. The van der Waals surface area contributed by atoms with Crippen LogP contribution in [-0.2, 0) is 28.6 Å². The van der Waals surface area contributed by atoms with Crippen molar-refractivity contribution in [3.8, 4) is 0 Å². The van der Waals surface area contributed by atoms with E-state index in [4.69, 9.17) is 19.0 Å². The Labute approximate surface area is 139 Å². The van der Waals surface area contributed by atoms with Crippen LogP contribution >= 0.6 is 0 Å². The molecule has 24 heavy (non-hydrogen) atoms. The van der Waals surface area contributed by atoms with Gasteiger partial charge in [0.15, 0.2) is 5.71 Å². The van der Waals surface area contributed by atoms with Crippen LogP contribution in [0.4, 0.5) is 4.79 Å². The number of hydrogen-bond acceptors (Lipinski definition) is 8. The number of rotatable bonds is 3. The lowest BCUT2D eigenvalue weighted by Gasteiger charge is -2.29. The van der Waals surface area contributed by atoms with Crippen LogP contribution in [0.5, 0.6) is 0 Å². The molecule has 0 spiro atoms. The Kier molecular flexibility index (Phi) is 5.00. The van der Waals surface area contributed by atoms with Gasteiger partial charge in [-0.3, -0.25) is 4.90 Å². The van der Waals surface area contributed by atoms with E-state index in [1.165, 1.54) is 7.11 Å². The number of ether oxygens (including phenoxy) is 3. The third kappa shape index (κ3) is 3.44. The average molecular weight is 342 g/mol. The van der Waals surface area contributed by atoms with E-state index in [0.29, 0.717) is 0 Å². The minimum Gasteiger partial charge on any atom is -0.467 e. The highest BCUT2D eigenvalue weighted by molar-refractivity contribution is 6.37. The molecule has 0 aromatic rings. The fourth-order valence-electron chi connectivity index (χ4n) is 2.68. The van der Waals surface area contributed by atoms with Gasteiger partial charge in [-0.2, -0.15) is 0 Å². The number of oxime groups is 1. The van der Waals surface area contributed by atoms with Crippen molar-refractivity contribution in [2.24, 2.45) is 11.1 Å². The van der Waals surface area contributed by atoms with Gasteiger partial charge in [0.25, 0.3) is 0 Å². The zero-order valence-corrected chi connectivity index (χ0v) is 14.4. The van der Waals surface area contributed by atoms with Gasteiger partial charge in [0.05, 0.1) is 19.6 Å². The van der Waals surface area contributed by atoms with E-state index in [2.05, 4.69) is 5.16 Å². The number of hydrogen-bond donors (Lipinski definition) is 0. The molecule has 2 aliphatic heterocycles. The first-order valence-corrected chi connectivity index (χ1v) is 7.69. The topological polar surface area (TPSA) is 104 Å². The molecule has 3 atom stereocenters. The molecule has 0 aliphatic carbocycles. The average Bonchev–Trinajstić information content (AvgIpc) is 3.02. The van der Waals surface area contributed by atoms with Gasteiger partial charge in [-0.1, -0.05) is 5.16 Å². The fourth-order valence-corrected chi connectivity index (χ4v) is 2.68. The lowest BCUT2D eigenvalue weighted by molar-refractivity contribution is -0.149. The van der Waals surface area contributed by atoms with Crippen LogP contribution in [0.2, 0.25) is 0 Å². The van der Waals surface area contributed by atoms with Gasteiger partial charge in [0.1, 0.15) is 11.6 Å². The number of nitrogens with zero attached hydrogens (tertiary/aromatic N) is 2. The summed E-state index contributed by atoms with van der Waals surface area (Å²) in [6.07, 6.45) is -1.48. The standard InChI is InChI=1S/C15H22N2O7/c1-6-22-13(19)10-8-7-9(12(18)21-5)17(11(8)24-16-10)14(20)23-15(2,3)4/h8-9,11H,6-7H2,1-5H3/t8-,9-,11+/m0/s1. The van der Waals surface area contributed by atoms with E-state index in [0.717, 1.165) is 4.90 Å². The van der Waals surface area contributed by atoms with Gasteiger partial charge >= 0.3 is 18.0 Å². The summed E-state index contributed by atoms with van der Waals surface area (Å²) in [6.45, 7) is 6.99. The van der Waals surface area contributed by atoms with E-state index < -0.39 is 41.8 Å². The third-order valence-corrected chi connectivity index (χ3v) is 3.60. The van der Waals surface area contributed by atoms with Crippen LogP contribution in [0.1, 0.15) is 34.1 Å². The molecule has 2 heterocycles. The van der Waals surface area contributed by atoms with E-state index in [1.807, 2.05) is 0 Å². The van der Waals surface area contributed by atoms with E-state index in [9.17, 15) is 14.4 Å². The normalized spacial score (nSPS) is 25.5. The summed E-state index contributed by atoms with van der Waals surface area (Å²) >= 11 is 0. The molecule has 0 unspecified atom stereocenters. The molecule has 0 bridgehead atoms. The molecule has 2 aliphatic rings. The maximum atomic E-state index is 12.5. The number of esters is 2. The number of methoxy groups -OCH3 is 1. The van der Waals surface area contributed by atoms with Gasteiger partial charge in [-0.25, -0.2) is 14.4 Å². The summed E-state index contributed by atoms with van der Waals surface area (Å²) < 4.78 is 15.0. The lowest BCUT2D eigenvalue weighted by Crippen LogP contribution is -2.48. The molecule has 1 fully saturated rings. The van der Waals surface area contributed by atoms with Crippen molar-refractivity contribution in [1.82, 2.24) is 4.90 Å². The first kappa shape index (κ1) is 18.0. The Balaban J connectivity index is 2.24. The van der Waals surface area contributed by atoms with Crippen molar-refractivity contribution in [3.05, 3.63) is 0 Å². The summed E-state index contributed by atoms with van der Waals surface area (Å²) in [4.78, 5) is 42.9. The second-order valence-electron chi connectivity index (χ2n) is 6.46. The number of amides is 1. The Morgan fingerprint density at radius 2 is 2.00 bits per heavy atom. The van der Waals surface area contributed by atoms with Crippen LogP contribution < -0.4 is 0 Å². The highest BCUT2D eigenvalue weighted by Crippen LogP contribution is 2.37. The first-order valence-electron chi connectivity index (χ1n) is 7.69. The van der Waals surface area contributed by atoms with Crippen molar-refractivity contribution in [3.63, 3.8) is 0 Å². The van der Waals surface area contributed by atoms with Crippen molar-refractivity contribution < 1.29 is 33.4 Å². The maximum absolute atomic E-state index is 12.5. The summed E-state index contributed by atoms with van der Waals surface area (Å²) in [6, 6.07) is -0.917. The SMILES string of the molecule is CCOC(=O)C1=NO[C@@H]2[C@H]1C[C@@H](C(=O)OC)N2C(=O)OC(C)(C)C. The Hall–Kier alpha value is -2.32. The van der Waals surface area contributed by atoms with Crippen LogP contribution in [0.15, 0.2) is 5.16 Å². The van der Waals surface area contributed by atoms with Crippen molar-refractivity contribution >= 4 is 23.7 Å². The molecule has 0 aromatic heterocycles. The van der Waals surface area contributed by atoms with Gasteiger partial charge in [-0.15, -0.1) is 0 Å². The second kappa shape index (κ2) is 6.66. The summed E-state index contributed by atoms with van der Waals surface area (Å²) in [5, 5.41) is 3.73. The molecule has 1 amide bonds. The van der Waals surface area contributed by atoms with Gasteiger partial charge < -0.3 is 19.0 Å². The van der Waals surface area contributed by atoms with E-state index in [-0.39, 0.29) is 18.7 Å². The highest BCUT2D eigenvalue weighted by atomic mass is 16.7. The molecule has 134 valence electrons. The maximum Gasteiger partial charge on any atom is 0.414 e.